The predicted octanol–water partition coefficient (Wildman–Crippen LogP) is 2.25. The number of rotatable bonds is 3. The zero-order chi connectivity index (χ0) is 8.98. The average Bonchev–Trinajstić information content (AvgIpc) is 2.68. The van der Waals surface area contributed by atoms with Crippen LogP contribution in [0.15, 0.2) is 0 Å². The maximum Gasteiger partial charge on any atom is 0.110 e. The van der Waals surface area contributed by atoms with Crippen LogP contribution in [0.5, 0.6) is 0 Å². The van der Waals surface area contributed by atoms with Gasteiger partial charge in [0.1, 0.15) is 5.67 Å². The summed E-state index contributed by atoms with van der Waals surface area (Å²) < 4.78 is 13.8. The maximum absolute atomic E-state index is 13.8. The number of hydrogen-bond donors (Lipinski definition) is 1. The first-order valence-electron chi connectivity index (χ1n) is 4.91. The van der Waals surface area contributed by atoms with Gasteiger partial charge in [0.05, 0.1) is 0 Å². The molecule has 0 saturated heterocycles. The Labute approximate surface area is 73.5 Å². The van der Waals surface area contributed by atoms with Crippen LogP contribution in [0, 0.1) is 11.8 Å². The molecule has 2 aliphatic carbocycles. The van der Waals surface area contributed by atoms with Gasteiger partial charge in [-0.25, -0.2) is 4.39 Å². The van der Waals surface area contributed by atoms with Crippen molar-refractivity contribution in [3.8, 4) is 0 Å². The Balaban J connectivity index is 2.12. The van der Waals surface area contributed by atoms with Crippen molar-refractivity contribution in [2.24, 2.45) is 17.6 Å². The fraction of sp³-hybridized carbons (Fsp3) is 1.00. The molecule has 0 aliphatic heterocycles. The highest BCUT2D eigenvalue weighted by Crippen LogP contribution is 2.55. The minimum atomic E-state index is -1.08. The molecule has 0 aromatic heterocycles. The predicted molar refractivity (Wildman–Crippen MR) is 47.6 cm³/mol. The topological polar surface area (TPSA) is 26.0 Å². The lowest BCUT2D eigenvalue weighted by atomic mass is 9.80. The van der Waals surface area contributed by atoms with E-state index in [0.29, 0.717) is 5.92 Å². The molecular formula is C10H18FN. The van der Waals surface area contributed by atoms with E-state index in [9.17, 15) is 4.39 Å². The Morgan fingerprint density at radius 1 is 1.42 bits per heavy atom. The normalized spacial score (nSPS) is 30.0. The zero-order valence-corrected chi connectivity index (χ0v) is 7.94. The Morgan fingerprint density at radius 3 is 2.17 bits per heavy atom. The lowest BCUT2D eigenvalue weighted by Gasteiger charge is -2.32. The average molecular weight is 171 g/mol. The first-order chi connectivity index (χ1) is 5.43. The van der Waals surface area contributed by atoms with Crippen molar-refractivity contribution in [2.75, 3.05) is 0 Å². The van der Waals surface area contributed by atoms with Crippen LogP contribution in [0.3, 0.4) is 0 Å². The van der Waals surface area contributed by atoms with Crippen molar-refractivity contribution in [3.63, 3.8) is 0 Å². The molecule has 0 heterocycles. The molecule has 2 aliphatic rings. The molecular weight excluding hydrogens is 153 g/mol. The molecule has 12 heavy (non-hydrogen) atoms. The van der Waals surface area contributed by atoms with E-state index < -0.39 is 5.67 Å². The zero-order valence-electron chi connectivity index (χ0n) is 7.94. The molecule has 2 saturated carbocycles. The Morgan fingerprint density at radius 2 is 1.92 bits per heavy atom. The third-order valence-electron chi connectivity index (χ3n) is 3.28. The highest BCUT2D eigenvalue weighted by molar-refractivity contribution is 5.12. The molecule has 1 unspecified atom stereocenters. The highest BCUT2D eigenvalue weighted by atomic mass is 19.1. The van der Waals surface area contributed by atoms with Crippen LogP contribution in [0.1, 0.15) is 39.5 Å². The van der Waals surface area contributed by atoms with E-state index in [4.69, 9.17) is 5.73 Å². The third kappa shape index (κ3) is 1.37. The van der Waals surface area contributed by atoms with Gasteiger partial charge in [-0.3, -0.25) is 0 Å². The Bertz CT molecular complexity index is 181. The van der Waals surface area contributed by atoms with E-state index in [-0.39, 0.29) is 11.5 Å². The van der Waals surface area contributed by atoms with E-state index in [1.54, 1.807) is 13.8 Å². The molecule has 1 atom stereocenters. The van der Waals surface area contributed by atoms with Gasteiger partial charge in [0, 0.05) is 11.5 Å². The van der Waals surface area contributed by atoms with Gasteiger partial charge in [0.15, 0.2) is 0 Å². The molecule has 0 amide bonds. The Hall–Kier alpha value is -0.110. The summed E-state index contributed by atoms with van der Waals surface area (Å²) >= 11 is 0. The van der Waals surface area contributed by atoms with Gasteiger partial charge in [-0.1, -0.05) is 0 Å². The lowest BCUT2D eigenvalue weighted by Crippen LogP contribution is -2.44. The summed E-state index contributed by atoms with van der Waals surface area (Å²) in [5.41, 5.74) is 4.86. The maximum atomic E-state index is 13.8. The van der Waals surface area contributed by atoms with Gasteiger partial charge in [0.25, 0.3) is 0 Å². The van der Waals surface area contributed by atoms with Crippen molar-refractivity contribution in [2.45, 2.75) is 50.7 Å². The molecule has 0 aromatic rings. The van der Waals surface area contributed by atoms with Gasteiger partial charge in [-0.05, 0) is 45.4 Å². The van der Waals surface area contributed by atoms with Crippen LogP contribution in [0.25, 0.3) is 0 Å². The molecule has 0 radical (unpaired) electrons. The van der Waals surface area contributed by atoms with Gasteiger partial charge in [-0.15, -0.1) is 0 Å². The van der Waals surface area contributed by atoms with E-state index in [1.807, 2.05) is 0 Å². The number of nitrogens with two attached hydrogens (primary N) is 1. The molecule has 70 valence electrons. The quantitative estimate of drug-likeness (QED) is 0.692. The van der Waals surface area contributed by atoms with Crippen molar-refractivity contribution < 1.29 is 4.39 Å². The highest BCUT2D eigenvalue weighted by Gasteiger charge is 2.57. The smallest absolute Gasteiger partial charge is 0.110 e. The van der Waals surface area contributed by atoms with Crippen LogP contribution in [0.4, 0.5) is 4.39 Å². The molecule has 1 nitrogen and oxygen atoms in total. The van der Waals surface area contributed by atoms with Gasteiger partial charge in [-0.2, -0.15) is 0 Å². The van der Waals surface area contributed by atoms with Crippen molar-refractivity contribution >= 4 is 0 Å². The summed E-state index contributed by atoms with van der Waals surface area (Å²) in [6.45, 7) is 3.37. The number of hydrogen-bond acceptors (Lipinski definition) is 1. The molecule has 2 rings (SSSR count). The van der Waals surface area contributed by atoms with Gasteiger partial charge in [0.2, 0.25) is 0 Å². The summed E-state index contributed by atoms with van der Waals surface area (Å²) in [6, 6.07) is 0. The minimum Gasteiger partial charge on any atom is -0.325 e. The summed E-state index contributed by atoms with van der Waals surface area (Å²) in [5.74, 6) is 0.697. The molecule has 2 N–H and O–H groups in total. The van der Waals surface area contributed by atoms with E-state index in [2.05, 4.69) is 0 Å². The van der Waals surface area contributed by atoms with Crippen molar-refractivity contribution in [3.05, 3.63) is 0 Å². The fourth-order valence-electron chi connectivity index (χ4n) is 2.60. The van der Waals surface area contributed by atoms with E-state index >= 15 is 0 Å². The summed E-state index contributed by atoms with van der Waals surface area (Å²) in [6.07, 6.45) is 4.44. The molecule has 2 heteroatoms. The van der Waals surface area contributed by atoms with Crippen LogP contribution in [-0.2, 0) is 0 Å². The Kier molecular flexibility index (Phi) is 1.57. The summed E-state index contributed by atoms with van der Waals surface area (Å²) in [4.78, 5) is 0. The number of halogens is 1. The second-order valence-corrected chi connectivity index (χ2v) is 5.11. The molecule has 0 spiro atoms. The molecule has 0 bridgehead atoms. The van der Waals surface area contributed by atoms with Gasteiger partial charge < -0.3 is 5.73 Å². The van der Waals surface area contributed by atoms with Crippen molar-refractivity contribution in [1.82, 2.24) is 0 Å². The van der Waals surface area contributed by atoms with E-state index in [1.165, 1.54) is 12.8 Å². The standard InChI is InChI=1S/C10H18FN/c1-9(2,11)8(7-3-4-7)10(12)5-6-10/h7-8H,3-6,12H2,1-2H3. The van der Waals surface area contributed by atoms with Crippen LogP contribution >= 0.6 is 0 Å². The summed E-state index contributed by atoms with van der Waals surface area (Å²) in [5, 5.41) is 0. The first-order valence-corrected chi connectivity index (χ1v) is 4.91. The SMILES string of the molecule is CC(C)(F)C(C1CC1)C1(N)CC1. The lowest BCUT2D eigenvalue weighted by molar-refractivity contribution is 0.0804. The third-order valence-corrected chi connectivity index (χ3v) is 3.28. The van der Waals surface area contributed by atoms with Crippen LogP contribution in [-0.4, -0.2) is 11.2 Å². The molecule has 2 fully saturated rings. The van der Waals surface area contributed by atoms with Crippen LogP contribution < -0.4 is 5.73 Å². The monoisotopic (exact) mass is 171 g/mol. The van der Waals surface area contributed by atoms with Crippen LogP contribution in [0.2, 0.25) is 0 Å². The largest absolute Gasteiger partial charge is 0.325 e. The van der Waals surface area contributed by atoms with Gasteiger partial charge >= 0.3 is 0 Å². The fourth-order valence-corrected chi connectivity index (χ4v) is 2.60. The second kappa shape index (κ2) is 2.22. The second-order valence-electron chi connectivity index (χ2n) is 5.11. The van der Waals surface area contributed by atoms with E-state index in [0.717, 1.165) is 12.8 Å². The first kappa shape index (κ1) is 8.49. The number of alkyl halides is 1. The minimum absolute atomic E-state index is 0.116. The van der Waals surface area contributed by atoms with Crippen molar-refractivity contribution in [1.29, 1.82) is 0 Å². The summed E-state index contributed by atoms with van der Waals surface area (Å²) in [7, 11) is 0. The molecule has 0 aromatic carbocycles.